The van der Waals surface area contributed by atoms with Gasteiger partial charge in [-0.15, -0.1) is 0 Å². The molecule has 0 heterocycles. The number of esters is 1. The molecule has 5 heteroatoms. The Morgan fingerprint density at radius 1 is 1.14 bits per heavy atom. The van der Waals surface area contributed by atoms with Gasteiger partial charge >= 0.3 is 5.97 Å². The fraction of sp³-hybridized carbons (Fsp3) is 0.529. The predicted octanol–water partition coefficient (Wildman–Crippen LogP) is 2.20. The van der Waals surface area contributed by atoms with E-state index >= 15 is 0 Å². The molecule has 0 bridgehead atoms. The summed E-state index contributed by atoms with van der Waals surface area (Å²) in [5, 5.41) is 12.8. The zero-order valence-corrected chi connectivity index (χ0v) is 13.8. The minimum absolute atomic E-state index is 0.394. The zero-order valence-electron chi connectivity index (χ0n) is 13.8. The van der Waals surface area contributed by atoms with E-state index in [4.69, 9.17) is 4.74 Å². The Morgan fingerprint density at radius 3 is 2.18 bits per heavy atom. The molecule has 1 aromatic rings. The van der Waals surface area contributed by atoms with Gasteiger partial charge in [0.25, 0.3) is 0 Å². The highest BCUT2D eigenvalue weighted by Crippen LogP contribution is 2.21. The topological polar surface area (TPSA) is 75.6 Å². The van der Waals surface area contributed by atoms with Crippen molar-refractivity contribution in [3.8, 4) is 0 Å². The molecule has 0 radical (unpaired) electrons. The van der Waals surface area contributed by atoms with Crippen LogP contribution in [0.5, 0.6) is 0 Å². The average molecular weight is 307 g/mol. The summed E-state index contributed by atoms with van der Waals surface area (Å²) < 4.78 is 5.21. The van der Waals surface area contributed by atoms with Crippen LogP contribution in [0.25, 0.3) is 0 Å². The Labute approximate surface area is 131 Å². The van der Waals surface area contributed by atoms with Gasteiger partial charge in [0.05, 0.1) is 12.0 Å². The Morgan fingerprint density at radius 2 is 1.68 bits per heavy atom. The lowest BCUT2D eigenvalue weighted by Gasteiger charge is -2.24. The van der Waals surface area contributed by atoms with Crippen molar-refractivity contribution in [2.75, 3.05) is 0 Å². The van der Waals surface area contributed by atoms with Gasteiger partial charge in [0.1, 0.15) is 11.6 Å². The van der Waals surface area contributed by atoms with Gasteiger partial charge in [-0.25, -0.2) is 4.79 Å². The molecule has 3 atom stereocenters. The minimum Gasteiger partial charge on any atom is -0.458 e. The molecule has 0 aliphatic heterocycles. The lowest BCUT2D eigenvalue weighted by molar-refractivity contribution is -0.158. The van der Waals surface area contributed by atoms with Crippen molar-refractivity contribution >= 4 is 11.9 Å². The highest BCUT2D eigenvalue weighted by molar-refractivity contribution is 5.85. The number of hydrogen-bond donors (Lipinski definition) is 2. The van der Waals surface area contributed by atoms with Gasteiger partial charge in [-0.3, -0.25) is 4.79 Å². The van der Waals surface area contributed by atoms with Gasteiger partial charge in [0, 0.05) is 0 Å². The van der Waals surface area contributed by atoms with Gasteiger partial charge in [-0.2, -0.15) is 0 Å². The fourth-order valence-electron chi connectivity index (χ4n) is 1.88. The Balaban J connectivity index is 2.62. The third-order valence-electron chi connectivity index (χ3n) is 3.15. The van der Waals surface area contributed by atoms with E-state index in [1.807, 2.05) is 6.07 Å². The number of carbonyl (C=O) groups is 2. The van der Waals surface area contributed by atoms with E-state index in [2.05, 4.69) is 5.32 Å². The summed E-state index contributed by atoms with van der Waals surface area (Å²) in [6.07, 6.45) is -0.924. The minimum atomic E-state index is -0.924. The van der Waals surface area contributed by atoms with Gasteiger partial charge < -0.3 is 15.2 Å². The lowest BCUT2D eigenvalue weighted by atomic mass is 9.96. The van der Waals surface area contributed by atoms with Crippen molar-refractivity contribution in [3.63, 3.8) is 0 Å². The summed E-state index contributed by atoms with van der Waals surface area (Å²) in [6.45, 7) is 8.48. The molecule has 2 N–H and O–H groups in total. The normalized spacial score (nSPS) is 15.5. The van der Waals surface area contributed by atoms with Crippen molar-refractivity contribution in [1.82, 2.24) is 5.32 Å². The number of aliphatic hydroxyl groups excluding tert-OH is 1. The molecule has 0 fully saturated rings. The third-order valence-corrected chi connectivity index (χ3v) is 3.15. The second-order valence-corrected chi connectivity index (χ2v) is 6.41. The molecule has 1 amide bonds. The number of aliphatic hydroxyl groups is 1. The summed E-state index contributed by atoms with van der Waals surface area (Å²) >= 11 is 0. The number of nitrogens with one attached hydrogen (secondary N) is 1. The molecule has 0 aromatic heterocycles. The zero-order chi connectivity index (χ0) is 16.9. The molecular weight excluding hydrogens is 282 g/mol. The van der Waals surface area contributed by atoms with Crippen molar-refractivity contribution in [1.29, 1.82) is 0 Å². The van der Waals surface area contributed by atoms with Gasteiger partial charge in [0.15, 0.2) is 0 Å². The first-order chi connectivity index (χ1) is 10.1. The number of hydrogen-bond acceptors (Lipinski definition) is 4. The van der Waals surface area contributed by atoms with Gasteiger partial charge in [-0.1, -0.05) is 37.3 Å². The number of amides is 1. The van der Waals surface area contributed by atoms with Crippen molar-refractivity contribution < 1.29 is 19.4 Å². The molecule has 0 saturated heterocycles. The van der Waals surface area contributed by atoms with Crippen LogP contribution in [0, 0.1) is 5.92 Å². The number of benzene rings is 1. The van der Waals surface area contributed by atoms with Crippen molar-refractivity contribution in [3.05, 3.63) is 35.9 Å². The van der Waals surface area contributed by atoms with Crippen LogP contribution in [-0.4, -0.2) is 28.6 Å². The monoisotopic (exact) mass is 307 g/mol. The molecule has 1 aromatic carbocycles. The van der Waals surface area contributed by atoms with E-state index in [9.17, 15) is 14.7 Å². The smallest absolute Gasteiger partial charge is 0.328 e. The van der Waals surface area contributed by atoms with Crippen LogP contribution in [0.1, 0.15) is 46.3 Å². The molecule has 0 spiro atoms. The van der Waals surface area contributed by atoms with Crippen LogP contribution < -0.4 is 5.32 Å². The average Bonchev–Trinajstić information content (AvgIpc) is 2.44. The van der Waals surface area contributed by atoms with E-state index in [1.165, 1.54) is 0 Å². The highest BCUT2D eigenvalue weighted by atomic mass is 16.6. The number of ether oxygens (including phenoxy) is 1. The molecule has 0 saturated carbocycles. The van der Waals surface area contributed by atoms with Crippen LogP contribution >= 0.6 is 0 Å². The fourth-order valence-corrected chi connectivity index (χ4v) is 1.88. The van der Waals surface area contributed by atoms with Crippen LogP contribution in [-0.2, 0) is 14.3 Å². The summed E-state index contributed by atoms with van der Waals surface area (Å²) in [5.41, 5.74) is 0.0562. The number of rotatable bonds is 5. The standard InChI is InChI=1S/C17H25NO4/c1-11(14(19)13-9-7-6-8-10-13)15(20)18-12(2)16(21)22-17(3,4)5/h6-12,14,19H,1-5H3,(H,18,20)/t11-,12+,14+/m1/s1. The van der Waals surface area contributed by atoms with Crippen LogP contribution in [0.15, 0.2) is 30.3 Å². The first-order valence-corrected chi connectivity index (χ1v) is 7.38. The third kappa shape index (κ3) is 5.48. The molecule has 0 aliphatic carbocycles. The Hall–Kier alpha value is -1.88. The molecule has 122 valence electrons. The molecule has 0 aliphatic rings. The largest absolute Gasteiger partial charge is 0.458 e. The van der Waals surface area contributed by atoms with Crippen molar-refractivity contribution in [2.45, 2.75) is 52.4 Å². The summed E-state index contributed by atoms with van der Waals surface area (Å²) in [5.74, 6) is -1.57. The van der Waals surface area contributed by atoms with Gasteiger partial charge in [-0.05, 0) is 33.3 Å². The Bertz CT molecular complexity index is 507. The quantitative estimate of drug-likeness (QED) is 0.818. The van der Waals surface area contributed by atoms with E-state index < -0.39 is 35.5 Å². The SMILES string of the molecule is C[C@H](NC(=O)[C@H](C)[C@H](O)c1ccccc1)C(=O)OC(C)(C)C. The summed E-state index contributed by atoms with van der Waals surface area (Å²) in [7, 11) is 0. The maximum atomic E-state index is 12.2. The Kier molecular flexibility index (Phi) is 6.11. The molecule has 22 heavy (non-hydrogen) atoms. The highest BCUT2D eigenvalue weighted by Gasteiger charge is 2.28. The first kappa shape index (κ1) is 18.2. The van der Waals surface area contributed by atoms with E-state index in [0.29, 0.717) is 5.56 Å². The van der Waals surface area contributed by atoms with Crippen LogP contribution in [0.4, 0.5) is 0 Å². The second-order valence-electron chi connectivity index (χ2n) is 6.41. The summed E-state index contributed by atoms with van der Waals surface area (Å²) in [6, 6.07) is 8.18. The second kappa shape index (κ2) is 7.40. The molecule has 0 unspecified atom stereocenters. The van der Waals surface area contributed by atoms with Gasteiger partial charge in [0.2, 0.25) is 5.91 Å². The maximum Gasteiger partial charge on any atom is 0.328 e. The molecule has 5 nitrogen and oxygen atoms in total. The van der Waals surface area contributed by atoms with Crippen LogP contribution in [0.3, 0.4) is 0 Å². The van der Waals surface area contributed by atoms with E-state index in [-0.39, 0.29) is 0 Å². The lowest BCUT2D eigenvalue weighted by Crippen LogP contribution is -2.45. The van der Waals surface area contributed by atoms with E-state index in [0.717, 1.165) is 0 Å². The number of carbonyl (C=O) groups excluding carboxylic acids is 2. The summed E-state index contributed by atoms with van der Waals surface area (Å²) in [4.78, 5) is 24.0. The molecule has 1 rings (SSSR count). The van der Waals surface area contributed by atoms with Crippen LogP contribution in [0.2, 0.25) is 0 Å². The predicted molar refractivity (Wildman–Crippen MR) is 84.0 cm³/mol. The van der Waals surface area contributed by atoms with E-state index in [1.54, 1.807) is 58.9 Å². The van der Waals surface area contributed by atoms with Crippen molar-refractivity contribution in [2.24, 2.45) is 5.92 Å². The first-order valence-electron chi connectivity index (χ1n) is 7.38. The maximum absolute atomic E-state index is 12.2. The molecular formula is C17H25NO4.